The van der Waals surface area contributed by atoms with Crippen molar-refractivity contribution in [2.75, 3.05) is 6.61 Å². The van der Waals surface area contributed by atoms with Crippen LogP contribution in [0.3, 0.4) is 0 Å². The molecule has 4 bridgehead atoms. The van der Waals surface area contributed by atoms with Gasteiger partial charge in [0.05, 0.1) is 0 Å². The number of carbonyl (C=O) groups is 1. The summed E-state index contributed by atoms with van der Waals surface area (Å²) in [5.41, 5.74) is 0. The molecule has 6 atom stereocenters. The smallest absolute Gasteiger partial charge is 0.338 e. The molecule has 0 aromatic rings. The summed E-state index contributed by atoms with van der Waals surface area (Å²) in [5, 5.41) is 0. The Balaban J connectivity index is 1.20. The van der Waals surface area contributed by atoms with Gasteiger partial charge < -0.3 is 28.4 Å². The van der Waals surface area contributed by atoms with Crippen LogP contribution in [0.2, 0.25) is 0 Å². The van der Waals surface area contributed by atoms with E-state index in [1.54, 1.807) is 6.92 Å². The Hall–Kier alpha value is -0.730. The molecule has 4 aliphatic carbocycles. The van der Waals surface area contributed by atoms with E-state index in [9.17, 15) is 4.79 Å². The second kappa shape index (κ2) is 5.89. The standard InChI is InChI=1S/C20H28O7/c1-3-22-9(2)23-16-14-15(24-18(16)21)17-19(25-14)27-20(26-17)12-5-10-4-11(7-12)8-13(20)6-10/h9-17,19H,3-8H2,1-2H3. The van der Waals surface area contributed by atoms with Crippen LogP contribution in [0, 0.1) is 23.7 Å². The van der Waals surface area contributed by atoms with Crippen LogP contribution in [-0.2, 0) is 33.2 Å². The lowest BCUT2D eigenvalue weighted by molar-refractivity contribution is -0.325. The lowest BCUT2D eigenvalue weighted by Crippen LogP contribution is -2.59. The van der Waals surface area contributed by atoms with Gasteiger partial charge in [-0.05, 0) is 57.8 Å². The molecule has 7 fully saturated rings. The van der Waals surface area contributed by atoms with Crippen molar-refractivity contribution in [1.29, 1.82) is 0 Å². The van der Waals surface area contributed by atoms with Crippen LogP contribution in [0.15, 0.2) is 0 Å². The van der Waals surface area contributed by atoms with E-state index < -0.39 is 42.6 Å². The topological polar surface area (TPSA) is 72.5 Å². The summed E-state index contributed by atoms with van der Waals surface area (Å²) < 4.78 is 36.0. The normalized spacial score (nSPS) is 55.8. The molecule has 7 heteroatoms. The van der Waals surface area contributed by atoms with Crippen molar-refractivity contribution in [2.24, 2.45) is 23.7 Å². The van der Waals surface area contributed by atoms with Gasteiger partial charge in [0.1, 0.15) is 6.10 Å². The van der Waals surface area contributed by atoms with Gasteiger partial charge in [0, 0.05) is 18.4 Å². The van der Waals surface area contributed by atoms with Gasteiger partial charge in [0.2, 0.25) is 0 Å². The van der Waals surface area contributed by atoms with E-state index >= 15 is 0 Å². The summed E-state index contributed by atoms with van der Waals surface area (Å²) in [4.78, 5) is 12.3. The molecular weight excluding hydrogens is 352 g/mol. The summed E-state index contributed by atoms with van der Waals surface area (Å²) >= 11 is 0. The Labute approximate surface area is 158 Å². The summed E-state index contributed by atoms with van der Waals surface area (Å²) in [5.74, 6) is 1.64. The Kier molecular flexibility index (Phi) is 3.74. The first kappa shape index (κ1) is 17.2. The Morgan fingerprint density at radius 1 is 1.04 bits per heavy atom. The maximum absolute atomic E-state index is 12.3. The maximum Gasteiger partial charge on any atom is 0.338 e. The first-order valence-corrected chi connectivity index (χ1v) is 10.6. The number of rotatable bonds is 4. The Morgan fingerprint density at radius 2 is 1.74 bits per heavy atom. The molecule has 7 nitrogen and oxygen atoms in total. The van der Waals surface area contributed by atoms with E-state index in [0.717, 1.165) is 11.8 Å². The monoisotopic (exact) mass is 380 g/mol. The molecule has 7 aliphatic rings. The lowest BCUT2D eigenvalue weighted by Gasteiger charge is -2.58. The van der Waals surface area contributed by atoms with Gasteiger partial charge in [0.25, 0.3) is 0 Å². The number of hydrogen-bond acceptors (Lipinski definition) is 7. The zero-order valence-electron chi connectivity index (χ0n) is 15.9. The number of carbonyl (C=O) groups excluding carboxylic acids is 1. The first-order valence-electron chi connectivity index (χ1n) is 10.6. The van der Waals surface area contributed by atoms with E-state index in [1.807, 2.05) is 6.92 Å². The number of esters is 1. The molecule has 1 spiro atoms. The Morgan fingerprint density at radius 3 is 2.41 bits per heavy atom. The highest BCUT2D eigenvalue weighted by Gasteiger charge is 2.70. The molecule has 0 radical (unpaired) electrons. The van der Waals surface area contributed by atoms with Gasteiger partial charge in [-0.15, -0.1) is 0 Å². The molecule has 0 aromatic heterocycles. The van der Waals surface area contributed by atoms with Crippen LogP contribution in [0.25, 0.3) is 0 Å². The van der Waals surface area contributed by atoms with Gasteiger partial charge >= 0.3 is 5.97 Å². The number of ether oxygens (including phenoxy) is 6. The van der Waals surface area contributed by atoms with Gasteiger partial charge in [-0.1, -0.05) is 0 Å². The van der Waals surface area contributed by atoms with Gasteiger partial charge in [0.15, 0.2) is 36.7 Å². The van der Waals surface area contributed by atoms with Crippen molar-refractivity contribution in [2.45, 2.75) is 88.7 Å². The summed E-state index contributed by atoms with van der Waals surface area (Å²) in [7, 11) is 0. The van der Waals surface area contributed by atoms with E-state index in [-0.39, 0.29) is 6.10 Å². The minimum atomic E-state index is -0.788. The molecule has 27 heavy (non-hydrogen) atoms. The zero-order chi connectivity index (χ0) is 18.3. The summed E-state index contributed by atoms with van der Waals surface area (Å²) in [6.45, 7) is 4.18. The van der Waals surface area contributed by atoms with Crippen LogP contribution in [0.1, 0.15) is 46.0 Å². The number of hydrogen-bond donors (Lipinski definition) is 0. The van der Waals surface area contributed by atoms with Crippen LogP contribution in [0.5, 0.6) is 0 Å². The highest BCUT2D eigenvalue weighted by Crippen LogP contribution is 2.63. The lowest BCUT2D eigenvalue weighted by atomic mass is 9.53. The number of fused-ring (bicyclic) bond motifs is 3. The molecule has 4 saturated carbocycles. The van der Waals surface area contributed by atoms with Crippen molar-refractivity contribution in [1.82, 2.24) is 0 Å². The average Bonchev–Trinajstić information content (AvgIpc) is 3.23. The van der Waals surface area contributed by atoms with Crippen LogP contribution in [0.4, 0.5) is 0 Å². The molecule has 7 rings (SSSR count). The van der Waals surface area contributed by atoms with E-state index in [0.29, 0.717) is 18.4 Å². The molecule has 3 aliphatic heterocycles. The van der Waals surface area contributed by atoms with Gasteiger partial charge in [-0.25, -0.2) is 4.79 Å². The third-order valence-corrected chi connectivity index (χ3v) is 7.63. The largest absolute Gasteiger partial charge is 0.454 e. The fourth-order valence-electron chi connectivity index (χ4n) is 6.84. The van der Waals surface area contributed by atoms with Crippen molar-refractivity contribution in [3.63, 3.8) is 0 Å². The SMILES string of the molecule is CCOC(C)OC1C(=O)OC2C3OC4(OC3OC12)C1CC2CC(C1)CC4C2. The fourth-order valence-corrected chi connectivity index (χ4v) is 6.84. The average molecular weight is 380 g/mol. The predicted octanol–water partition coefficient (Wildman–Crippen LogP) is 1.97. The predicted molar refractivity (Wildman–Crippen MR) is 90.2 cm³/mol. The maximum atomic E-state index is 12.3. The van der Waals surface area contributed by atoms with Crippen LogP contribution in [-0.4, -0.2) is 55.4 Å². The molecule has 3 heterocycles. The van der Waals surface area contributed by atoms with E-state index in [1.165, 1.54) is 32.1 Å². The minimum absolute atomic E-state index is 0.354. The van der Waals surface area contributed by atoms with Crippen molar-refractivity contribution in [3.05, 3.63) is 0 Å². The second-order valence-electron chi connectivity index (χ2n) is 9.18. The minimum Gasteiger partial charge on any atom is -0.454 e. The van der Waals surface area contributed by atoms with Crippen molar-refractivity contribution >= 4 is 5.97 Å². The first-order chi connectivity index (χ1) is 13.1. The molecule has 0 amide bonds. The molecule has 0 N–H and O–H groups in total. The Bertz CT molecular complexity index is 608. The van der Waals surface area contributed by atoms with E-state index in [4.69, 9.17) is 28.4 Å². The fraction of sp³-hybridized carbons (Fsp3) is 0.950. The van der Waals surface area contributed by atoms with Crippen molar-refractivity contribution < 1.29 is 33.2 Å². The van der Waals surface area contributed by atoms with E-state index in [2.05, 4.69) is 0 Å². The summed E-state index contributed by atoms with van der Waals surface area (Å²) in [6.07, 6.45) is 3.09. The van der Waals surface area contributed by atoms with Crippen molar-refractivity contribution in [3.8, 4) is 0 Å². The van der Waals surface area contributed by atoms with Gasteiger partial charge in [-0.2, -0.15) is 0 Å². The highest BCUT2D eigenvalue weighted by atomic mass is 16.9. The molecule has 0 aromatic carbocycles. The molecule has 6 unspecified atom stereocenters. The van der Waals surface area contributed by atoms with Crippen LogP contribution < -0.4 is 0 Å². The highest BCUT2D eigenvalue weighted by molar-refractivity contribution is 5.78. The molecule has 3 saturated heterocycles. The summed E-state index contributed by atoms with van der Waals surface area (Å²) in [6, 6.07) is 0. The second-order valence-corrected chi connectivity index (χ2v) is 9.18. The zero-order valence-corrected chi connectivity index (χ0v) is 15.9. The van der Waals surface area contributed by atoms with Gasteiger partial charge in [-0.3, -0.25) is 0 Å². The molecule has 150 valence electrons. The third-order valence-electron chi connectivity index (χ3n) is 7.63. The van der Waals surface area contributed by atoms with Crippen LogP contribution >= 0.6 is 0 Å². The third kappa shape index (κ3) is 2.35. The quantitative estimate of drug-likeness (QED) is 0.545. The molecular formula is C20H28O7.